The molecule has 18 heavy (non-hydrogen) atoms. The molecule has 0 amide bonds. The van der Waals surface area contributed by atoms with Gasteiger partial charge in [-0.1, -0.05) is 37.2 Å². The first-order chi connectivity index (χ1) is 8.77. The lowest BCUT2D eigenvalue weighted by Gasteiger charge is -2.02. The molecule has 0 aromatic carbocycles. The smallest absolute Gasteiger partial charge is 0.303 e. The summed E-state index contributed by atoms with van der Waals surface area (Å²) in [5.74, 6) is -0.701. The van der Waals surface area contributed by atoms with Crippen molar-refractivity contribution in [3.8, 4) is 0 Å². The van der Waals surface area contributed by atoms with E-state index in [-0.39, 0.29) is 0 Å². The van der Waals surface area contributed by atoms with Gasteiger partial charge in [0, 0.05) is 24.5 Å². The summed E-state index contributed by atoms with van der Waals surface area (Å²) in [5, 5.41) is 11.8. The lowest BCUT2D eigenvalue weighted by Crippen LogP contribution is -1.99. The van der Waals surface area contributed by atoms with Gasteiger partial charge in [0.15, 0.2) is 0 Å². The van der Waals surface area contributed by atoms with Crippen molar-refractivity contribution in [1.82, 2.24) is 0 Å². The molecular weight excluding hydrogens is 234 g/mol. The van der Waals surface area contributed by atoms with Crippen LogP contribution in [0.15, 0.2) is 5.11 Å². The van der Waals surface area contributed by atoms with Crippen LogP contribution in [0.3, 0.4) is 0 Å². The van der Waals surface area contributed by atoms with Crippen LogP contribution in [0.1, 0.15) is 51.4 Å². The van der Waals surface area contributed by atoms with Crippen molar-refractivity contribution in [2.45, 2.75) is 51.4 Å². The second-order valence-electron chi connectivity index (χ2n) is 4.19. The Morgan fingerprint density at radius 3 is 2.28 bits per heavy atom. The van der Waals surface area contributed by atoms with Crippen LogP contribution in [-0.4, -0.2) is 30.8 Å². The summed E-state index contributed by atoms with van der Waals surface area (Å²) in [6.07, 6.45) is 7.72. The van der Waals surface area contributed by atoms with Crippen molar-refractivity contribution >= 4 is 5.97 Å². The van der Waals surface area contributed by atoms with Gasteiger partial charge in [-0.2, -0.15) is 0 Å². The van der Waals surface area contributed by atoms with Crippen molar-refractivity contribution < 1.29 is 14.6 Å². The van der Waals surface area contributed by atoms with Crippen LogP contribution in [0, 0.1) is 0 Å². The molecule has 0 aromatic rings. The Balaban J connectivity index is 2.98. The van der Waals surface area contributed by atoms with Crippen LogP contribution in [0.2, 0.25) is 0 Å². The van der Waals surface area contributed by atoms with E-state index in [1.807, 2.05) is 0 Å². The van der Waals surface area contributed by atoms with Gasteiger partial charge in [0.25, 0.3) is 0 Å². The molecule has 0 atom stereocenters. The largest absolute Gasteiger partial charge is 0.481 e. The van der Waals surface area contributed by atoms with Crippen LogP contribution in [0.25, 0.3) is 10.4 Å². The first kappa shape index (κ1) is 16.7. The molecule has 1 N–H and O–H groups in total. The molecule has 0 heterocycles. The van der Waals surface area contributed by atoms with Gasteiger partial charge in [0.2, 0.25) is 0 Å². The molecule has 0 rings (SSSR count). The molecule has 104 valence electrons. The average Bonchev–Trinajstić information content (AvgIpc) is 2.34. The van der Waals surface area contributed by atoms with Gasteiger partial charge in [-0.05, 0) is 18.4 Å². The highest BCUT2D eigenvalue weighted by atomic mass is 16.5. The highest BCUT2D eigenvalue weighted by Gasteiger charge is 1.96. The molecule has 0 bridgehead atoms. The van der Waals surface area contributed by atoms with Gasteiger partial charge in [-0.3, -0.25) is 4.79 Å². The highest BCUT2D eigenvalue weighted by molar-refractivity contribution is 5.66. The van der Waals surface area contributed by atoms with Crippen LogP contribution in [-0.2, 0) is 9.53 Å². The Bertz CT molecular complexity index is 241. The van der Waals surface area contributed by atoms with E-state index in [1.165, 1.54) is 12.8 Å². The summed E-state index contributed by atoms with van der Waals surface area (Å²) in [7, 11) is 0. The van der Waals surface area contributed by atoms with Crippen molar-refractivity contribution in [3.63, 3.8) is 0 Å². The summed E-state index contributed by atoms with van der Waals surface area (Å²) in [4.78, 5) is 12.9. The molecule has 0 fully saturated rings. The minimum Gasteiger partial charge on any atom is -0.481 e. The average molecular weight is 257 g/mol. The summed E-state index contributed by atoms with van der Waals surface area (Å²) in [6, 6.07) is 0. The monoisotopic (exact) mass is 257 g/mol. The predicted molar refractivity (Wildman–Crippen MR) is 69.4 cm³/mol. The normalized spacial score (nSPS) is 10.0. The van der Waals surface area contributed by atoms with E-state index in [4.69, 9.17) is 15.4 Å². The topological polar surface area (TPSA) is 95.3 Å². The molecule has 0 unspecified atom stereocenters. The lowest BCUT2D eigenvalue weighted by atomic mass is 10.1. The maximum atomic E-state index is 10.3. The maximum absolute atomic E-state index is 10.3. The summed E-state index contributed by atoms with van der Waals surface area (Å²) < 4.78 is 5.28. The SMILES string of the molecule is [N-]=[N+]=NCCOCCCCCCCCCC(=O)O. The van der Waals surface area contributed by atoms with E-state index >= 15 is 0 Å². The summed E-state index contributed by atoms with van der Waals surface area (Å²) in [6.45, 7) is 1.62. The van der Waals surface area contributed by atoms with E-state index in [0.29, 0.717) is 19.6 Å². The third-order valence-electron chi connectivity index (χ3n) is 2.58. The van der Waals surface area contributed by atoms with Gasteiger partial charge in [-0.15, -0.1) is 0 Å². The first-order valence-electron chi connectivity index (χ1n) is 6.57. The van der Waals surface area contributed by atoms with Crippen molar-refractivity contribution in [3.05, 3.63) is 10.4 Å². The second-order valence-corrected chi connectivity index (χ2v) is 4.19. The molecule has 0 saturated carbocycles. The number of azide groups is 1. The third-order valence-corrected chi connectivity index (χ3v) is 2.58. The van der Waals surface area contributed by atoms with Gasteiger partial charge < -0.3 is 9.84 Å². The molecule has 0 aromatic heterocycles. The number of carboxylic acids is 1. The lowest BCUT2D eigenvalue weighted by molar-refractivity contribution is -0.137. The standard InChI is InChI=1S/C12H23N3O3/c13-15-14-9-11-18-10-7-5-3-1-2-4-6-8-12(16)17/h1-11H2,(H,16,17). The fourth-order valence-electron chi connectivity index (χ4n) is 1.62. The van der Waals surface area contributed by atoms with Gasteiger partial charge in [-0.25, -0.2) is 0 Å². The molecule has 0 spiro atoms. The number of rotatable bonds is 13. The van der Waals surface area contributed by atoms with Crippen molar-refractivity contribution in [2.24, 2.45) is 5.11 Å². The Kier molecular flexibility index (Phi) is 12.8. The molecule has 0 aliphatic rings. The zero-order valence-electron chi connectivity index (χ0n) is 10.9. The number of unbranched alkanes of at least 4 members (excludes halogenated alkanes) is 6. The van der Waals surface area contributed by atoms with E-state index in [2.05, 4.69) is 10.0 Å². The molecular formula is C12H23N3O3. The molecule has 0 saturated heterocycles. The number of carboxylic acid groups (broad SMARTS) is 1. The van der Waals surface area contributed by atoms with Crippen LogP contribution in [0.5, 0.6) is 0 Å². The quantitative estimate of drug-likeness (QED) is 0.236. The zero-order valence-corrected chi connectivity index (χ0v) is 10.9. The molecule has 0 aliphatic heterocycles. The number of hydrogen-bond donors (Lipinski definition) is 1. The number of aliphatic carboxylic acids is 1. The van der Waals surface area contributed by atoms with E-state index in [9.17, 15) is 4.79 Å². The van der Waals surface area contributed by atoms with Crippen LogP contribution < -0.4 is 0 Å². The fourth-order valence-corrected chi connectivity index (χ4v) is 1.62. The molecule has 6 heteroatoms. The second kappa shape index (κ2) is 13.8. The van der Waals surface area contributed by atoms with Crippen molar-refractivity contribution in [1.29, 1.82) is 0 Å². The Morgan fingerprint density at radius 2 is 1.67 bits per heavy atom. The van der Waals surface area contributed by atoms with Gasteiger partial charge in [0.05, 0.1) is 6.61 Å². The first-order valence-corrected chi connectivity index (χ1v) is 6.57. The van der Waals surface area contributed by atoms with Crippen LogP contribution in [0.4, 0.5) is 0 Å². The molecule has 0 aliphatic carbocycles. The third kappa shape index (κ3) is 14.7. The Labute approximate surface area is 108 Å². The summed E-state index contributed by atoms with van der Waals surface area (Å²) in [5.41, 5.74) is 8.03. The molecule has 6 nitrogen and oxygen atoms in total. The number of ether oxygens (including phenoxy) is 1. The highest BCUT2D eigenvalue weighted by Crippen LogP contribution is 2.08. The maximum Gasteiger partial charge on any atom is 0.303 e. The Morgan fingerprint density at radius 1 is 1.06 bits per heavy atom. The number of nitrogens with zero attached hydrogens (tertiary/aromatic N) is 3. The number of carbonyl (C=O) groups is 1. The van der Waals surface area contributed by atoms with Gasteiger partial charge in [0.1, 0.15) is 0 Å². The van der Waals surface area contributed by atoms with Crippen LogP contribution >= 0.6 is 0 Å². The minimum atomic E-state index is -0.701. The Hall–Kier alpha value is -1.26. The van der Waals surface area contributed by atoms with Gasteiger partial charge >= 0.3 is 5.97 Å². The summed E-state index contributed by atoms with van der Waals surface area (Å²) >= 11 is 0. The van der Waals surface area contributed by atoms with E-state index in [1.54, 1.807) is 0 Å². The number of hydrogen-bond acceptors (Lipinski definition) is 3. The fraction of sp³-hybridized carbons (Fsp3) is 0.917. The zero-order chi connectivity index (χ0) is 13.5. The predicted octanol–water partition coefficient (Wildman–Crippen LogP) is 3.52. The van der Waals surface area contributed by atoms with E-state index in [0.717, 1.165) is 38.7 Å². The van der Waals surface area contributed by atoms with Crippen molar-refractivity contribution in [2.75, 3.05) is 19.8 Å². The minimum absolute atomic E-state index is 0.291. The molecule has 0 radical (unpaired) electrons. The van der Waals surface area contributed by atoms with E-state index < -0.39 is 5.97 Å².